The lowest BCUT2D eigenvalue weighted by Crippen LogP contribution is -2.10. The molecule has 78 valence electrons. The standard InChI is InChI=1S/C11H18N2S/c1-3-7(2)11-13-10-8(6-12)4-5-9(10)14-11/h7-8H,3-6,12H2,1-2H3. The Kier molecular flexibility index (Phi) is 2.88. The lowest BCUT2D eigenvalue weighted by molar-refractivity contribution is 0.661. The van der Waals surface area contributed by atoms with Gasteiger partial charge in [-0.1, -0.05) is 13.8 Å². The summed E-state index contributed by atoms with van der Waals surface area (Å²) >= 11 is 1.91. The summed E-state index contributed by atoms with van der Waals surface area (Å²) in [6.07, 6.45) is 3.59. The van der Waals surface area contributed by atoms with E-state index in [1.165, 1.54) is 34.8 Å². The van der Waals surface area contributed by atoms with Crippen LogP contribution >= 0.6 is 11.3 Å². The third kappa shape index (κ3) is 1.59. The fourth-order valence-corrected chi connectivity index (χ4v) is 3.24. The van der Waals surface area contributed by atoms with Gasteiger partial charge in [0.1, 0.15) is 0 Å². The van der Waals surface area contributed by atoms with E-state index in [1.807, 2.05) is 11.3 Å². The molecular weight excluding hydrogens is 192 g/mol. The van der Waals surface area contributed by atoms with E-state index in [-0.39, 0.29) is 0 Å². The maximum absolute atomic E-state index is 5.73. The first-order valence-electron chi connectivity index (χ1n) is 5.45. The molecule has 2 unspecified atom stereocenters. The van der Waals surface area contributed by atoms with Crippen molar-refractivity contribution in [2.75, 3.05) is 6.54 Å². The van der Waals surface area contributed by atoms with Crippen LogP contribution in [-0.2, 0) is 6.42 Å². The quantitative estimate of drug-likeness (QED) is 0.833. The Morgan fingerprint density at radius 1 is 1.64 bits per heavy atom. The van der Waals surface area contributed by atoms with Crippen molar-refractivity contribution in [1.82, 2.24) is 4.98 Å². The molecule has 3 heteroatoms. The molecule has 1 aromatic rings. The molecule has 0 amide bonds. The van der Waals surface area contributed by atoms with E-state index in [4.69, 9.17) is 10.7 Å². The number of nitrogens with zero attached hydrogens (tertiary/aromatic N) is 1. The summed E-state index contributed by atoms with van der Waals surface area (Å²) in [5, 5.41) is 1.32. The van der Waals surface area contributed by atoms with Crippen LogP contribution in [0.5, 0.6) is 0 Å². The molecule has 1 heterocycles. The number of aryl methyl sites for hydroxylation is 1. The first kappa shape index (κ1) is 10.1. The fraction of sp³-hybridized carbons (Fsp3) is 0.727. The van der Waals surface area contributed by atoms with Crippen molar-refractivity contribution < 1.29 is 0 Å². The van der Waals surface area contributed by atoms with Crippen LogP contribution in [0.3, 0.4) is 0 Å². The van der Waals surface area contributed by atoms with Gasteiger partial charge in [-0.15, -0.1) is 11.3 Å². The highest BCUT2D eigenvalue weighted by molar-refractivity contribution is 7.11. The monoisotopic (exact) mass is 210 g/mol. The second-order valence-corrected chi connectivity index (χ2v) is 5.26. The van der Waals surface area contributed by atoms with Crippen LogP contribution in [0.2, 0.25) is 0 Å². The number of fused-ring (bicyclic) bond motifs is 1. The van der Waals surface area contributed by atoms with Gasteiger partial charge in [0.2, 0.25) is 0 Å². The molecule has 0 aromatic carbocycles. The molecular formula is C11H18N2S. The summed E-state index contributed by atoms with van der Waals surface area (Å²) in [5.41, 5.74) is 7.04. The zero-order chi connectivity index (χ0) is 10.1. The molecule has 0 spiro atoms. The van der Waals surface area contributed by atoms with Gasteiger partial charge in [-0.25, -0.2) is 4.98 Å². The molecule has 2 nitrogen and oxygen atoms in total. The van der Waals surface area contributed by atoms with Crippen molar-refractivity contribution in [3.05, 3.63) is 15.6 Å². The first-order valence-corrected chi connectivity index (χ1v) is 6.27. The van der Waals surface area contributed by atoms with Gasteiger partial charge in [0.25, 0.3) is 0 Å². The number of rotatable bonds is 3. The third-order valence-corrected chi connectivity index (χ3v) is 4.53. The molecule has 0 saturated carbocycles. The van der Waals surface area contributed by atoms with Crippen LogP contribution in [0.15, 0.2) is 0 Å². The number of thiazole rings is 1. The Labute approximate surface area is 89.5 Å². The van der Waals surface area contributed by atoms with Crippen molar-refractivity contribution in [3.8, 4) is 0 Å². The summed E-state index contributed by atoms with van der Waals surface area (Å²) in [6, 6.07) is 0. The number of hydrogen-bond donors (Lipinski definition) is 1. The molecule has 2 rings (SSSR count). The largest absolute Gasteiger partial charge is 0.330 e. The van der Waals surface area contributed by atoms with Gasteiger partial charge in [0.15, 0.2) is 0 Å². The minimum absolute atomic E-state index is 0.541. The lowest BCUT2D eigenvalue weighted by atomic mass is 10.1. The van der Waals surface area contributed by atoms with E-state index < -0.39 is 0 Å². The smallest absolute Gasteiger partial charge is 0.0959 e. The molecule has 0 bridgehead atoms. The summed E-state index contributed by atoms with van der Waals surface area (Å²) in [6.45, 7) is 5.24. The summed E-state index contributed by atoms with van der Waals surface area (Å²) < 4.78 is 0. The minimum Gasteiger partial charge on any atom is -0.330 e. The van der Waals surface area contributed by atoms with E-state index in [1.54, 1.807) is 0 Å². The zero-order valence-corrected chi connectivity index (χ0v) is 9.73. The van der Waals surface area contributed by atoms with Crippen molar-refractivity contribution in [2.24, 2.45) is 5.73 Å². The van der Waals surface area contributed by atoms with Crippen LogP contribution in [0.25, 0.3) is 0 Å². The Bertz CT molecular complexity index is 319. The average Bonchev–Trinajstić information content (AvgIpc) is 2.74. The lowest BCUT2D eigenvalue weighted by Gasteiger charge is -2.06. The Hall–Kier alpha value is -0.410. The summed E-state index contributed by atoms with van der Waals surface area (Å²) in [7, 11) is 0. The fourth-order valence-electron chi connectivity index (χ4n) is 1.94. The minimum atomic E-state index is 0.541. The molecule has 14 heavy (non-hydrogen) atoms. The molecule has 1 aliphatic rings. The van der Waals surface area contributed by atoms with Crippen LogP contribution in [0, 0.1) is 0 Å². The van der Waals surface area contributed by atoms with Crippen molar-refractivity contribution in [2.45, 2.75) is 44.9 Å². The topological polar surface area (TPSA) is 38.9 Å². The van der Waals surface area contributed by atoms with Crippen molar-refractivity contribution >= 4 is 11.3 Å². The predicted octanol–water partition coefficient (Wildman–Crippen LogP) is 2.65. The predicted molar refractivity (Wildman–Crippen MR) is 60.9 cm³/mol. The highest BCUT2D eigenvalue weighted by Gasteiger charge is 2.26. The van der Waals surface area contributed by atoms with E-state index in [2.05, 4.69) is 13.8 Å². The molecule has 0 radical (unpaired) electrons. The SMILES string of the molecule is CCC(C)c1nc2c(s1)CCC2CN. The summed E-state index contributed by atoms with van der Waals surface area (Å²) in [5.74, 6) is 1.16. The molecule has 1 aliphatic carbocycles. The molecule has 0 aliphatic heterocycles. The highest BCUT2D eigenvalue weighted by atomic mass is 32.1. The molecule has 1 aromatic heterocycles. The van der Waals surface area contributed by atoms with Crippen LogP contribution in [0.1, 0.15) is 54.1 Å². The van der Waals surface area contributed by atoms with Gasteiger partial charge in [0.05, 0.1) is 10.7 Å². The number of hydrogen-bond acceptors (Lipinski definition) is 3. The molecule has 2 N–H and O–H groups in total. The van der Waals surface area contributed by atoms with Gasteiger partial charge >= 0.3 is 0 Å². The van der Waals surface area contributed by atoms with Gasteiger partial charge in [-0.2, -0.15) is 0 Å². The van der Waals surface area contributed by atoms with Gasteiger partial charge < -0.3 is 5.73 Å². The second-order valence-electron chi connectivity index (χ2n) is 4.14. The maximum atomic E-state index is 5.73. The third-order valence-electron chi connectivity index (χ3n) is 3.17. The number of aromatic nitrogens is 1. The number of nitrogens with two attached hydrogens (primary N) is 1. The Morgan fingerprint density at radius 3 is 3.07 bits per heavy atom. The molecule has 0 fully saturated rings. The highest BCUT2D eigenvalue weighted by Crippen LogP contribution is 2.38. The average molecular weight is 210 g/mol. The van der Waals surface area contributed by atoms with Crippen LogP contribution in [0.4, 0.5) is 0 Å². The van der Waals surface area contributed by atoms with Crippen molar-refractivity contribution in [1.29, 1.82) is 0 Å². The van der Waals surface area contributed by atoms with Crippen LogP contribution < -0.4 is 5.73 Å². The summed E-state index contributed by atoms with van der Waals surface area (Å²) in [4.78, 5) is 6.25. The maximum Gasteiger partial charge on any atom is 0.0959 e. The normalized spacial score (nSPS) is 22.4. The van der Waals surface area contributed by atoms with E-state index in [9.17, 15) is 0 Å². The van der Waals surface area contributed by atoms with Crippen molar-refractivity contribution in [3.63, 3.8) is 0 Å². The van der Waals surface area contributed by atoms with E-state index in [0.29, 0.717) is 11.8 Å². The van der Waals surface area contributed by atoms with E-state index >= 15 is 0 Å². The Morgan fingerprint density at radius 2 is 2.43 bits per heavy atom. The zero-order valence-electron chi connectivity index (χ0n) is 8.92. The van der Waals surface area contributed by atoms with Gasteiger partial charge in [-0.3, -0.25) is 0 Å². The van der Waals surface area contributed by atoms with Gasteiger partial charge in [-0.05, 0) is 19.3 Å². The first-order chi connectivity index (χ1) is 6.76. The van der Waals surface area contributed by atoms with E-state index in [0.717, 1.165) is 6.54 Å². The van der Waals surface area contributed by atoms with Gasteiger partial charge in [0, 0.05) is 23.3 Å². The Balaban J connectivity index is 2.25. The van der Waals surface area contributed by atoms with Crippen LogP contribution in [-0.4, -0.2) is 11.5 Å². The molecule has 2 atom stereocenters. The molecule has 0 saturated heterocycles. The second kappa shape index (κ2) is 3.99.